The van der Waals surface area contributed by atoms with Crippen LogP contribution in [0.1, 0.15) is 41.3 Å². The molecule has 0 bridgehead atoms. The number of aliphatic hydroxyl groups excluding tert-OH is 1. The summed E-state index contributed by atoms with van der Waals surface area (Å²) in [5.41, 5.74) is -3.18. The number of hydrogen-bond donors (Lipinski definition) is 3. The van der Waals surface area contributed by atoms with Crippen molar-refractivity contribution in [3.63, 3.8) is 0 Å². The Morgan fingerprint density at radius 1 is 1.04 bits per heavy atom. The first kappa shape index (κ1) is 35.2. The lowest BCUT2D eigenvalue weighted by Gasteiger charge is -2.21. The van der Waals surface area contributed by atoms with Gasteiger partial charge in [0.1, 0.15) is 23.4 Å². The molecule has 7 nitrogen and oxygen atoms in total. The summed E-state index contributed by atoms with van der Waals surface area (Å²) in [6.45, 7) is 3.20. The molecule has 1 fully saturated rings. The fourth-order valence-corrected chi connectivity index (χ4v) is 5.57. The van der Waals surface area contributed by atoms with E-state index in [9.17, 15) is 36.6 Å². The standard InChI is InChI=1S/C30H24Cl3F6N3O4/c1-4-46-13(2)26(43)41-25-20(35)9-10-21(24(25)36)42(3)28(45)16-12-15(6-7-18(16)31)40-27(44)23-22(29(23,32)33)14-5-8-19(34)17(11-14)30(37,38)39/h5-13,22,40,44H,4H2,1-3H3,(H,41,43)/b27-23+/t13?,22-/m0/s1. The number of halogens is 9. The predicted octanol–water partition coefficient (Wildman–Crippen LogP) is 8.57. The van der Waals surface area contributed by atoms with Gasteiger partial charge in [-0.3, -0.25) is 9.59 Å². The molecule has 3 N–H and O–H groups in total. The van der Waals surface area contributed by atoms with Crippen LogP contribution in [-0.4, -0.2) is 41.0 Å². The number of anilines is 3. The van der Waals surface area contributed by atoms with Crippen molar-refractivity contribution in [2.75, 3.05) is 29.2 Å². The van der Waals surface area contributed by atoms with Gasteiger partial charge in [0.25, 0.3) is 11.8 Å². The zero-order valence-electron chi connectivity index (χ0n) is 24.0. The molecule has 0 aliphatic heterocycles. The second kappa shape index (κ2) is 13.2. The summed E-state index contributed by atoms with van der Waals surface area (Å²) in [7, 11) is 1.17. The van der Waals surface area contributed by atoms with E-state index in [1.165, 1.54) is 32.2 Å². The molecule has 4 rings (SSSR count). The minimum absolute atomic E-state index is 0.0356. The third kappa shape index (κ3) is 7.02. The zero-order chi connectivity index (χ0) is 34.3. The van der Waals surface area contributed by atoms with Crippen LogP contribution in [-0.2, 0) is 15.7 Å². The van der Waals surface area contributed by atoms with Crippen molar-refractivity contribution in [1.29, 1.82) is 0 Å². The smallest absolute Gasteiger partial charge is 0.419 e. The molecule has 2 amide bonds. The molecule has 3 aromatic carbocycles. The van der Waals surface area contributed by atoms with E-state index in [0.717, 1.165) is 23.1 Å². The van der Waals surface area contributed by atoms with Crippen LogP contribution in [0.15, 0.2) is 60.0 Å². The molecule has 3 aromatic rings. The number of ether oxygens (including phenoxy) is 1. The predicted molar refractivity (Wildman–Crippen MR) is 162 cm³/mol. The Kier molecular flexibility index (Phi) is 10.1. The Morgan fingerprint density at radius 3 is 2.33 bits per heavy atom. The molecule has 0 saturated heterocycles. The summed E-state index contributed by atoms with van der Waals surface area (Å²) in [4.78, 5) is 26.5. The highest BCUT2D eigenvalue weighted by molar-refractivity contribution is 6.55. The van der Waals surface area contributed by atoms with E-state index < -0.39 is 74.6 Å². The topological polar surface area (TPSA) is 90.9 Å². The normalized spacial score (nSPS) is 17.3. The maximum absolute atomic E-state index is 15.4. The monoisotopic (exact) mass is 709 g/mol. The second-order valence-electron chi connectivity index (χ2n) is 10.1. The van der Waals surface area contributed by atoms with Crippen LogP contribution in [0.25, 0.3) is 0 Å². The Bertz CT molecular complexity index is 1730. The van der Waals surface area contributed by atoms with Gasteiger partial charge in [0, 0.05) is 24.9 Å². The number of carbonyl (C=O) groups excluding carboxylic acids is 2. The van der Waals surface area contributed by atoms with Crippen LogP contribution >= 0.6 is 34.8 Å². The summed E-state index contributed by atoms with van der Waals surface area (Å²) in [5, 5.41) is 15.3. The average Bonchev–Trinajstić information content (AvgIpc) is 3.56. The lowest BCUT2D eigenvalue weighted by atomic mass is 10.1. The zero-order valence-corrected chi connectivity index (χ0v) is 26.3. The average molecular weight is 711 g/mol. The van der Waals surface area contributed by atoms with Gasteiger partial charge < -0.3 is 25.4 Å². The van der Waals surface area contributed by atoms with Gasteiger partial charge in [0.2, 0.25) is 0 Å². The molecule has 1 aliphatic rings. The van der Waals surface area contributed by atoms with Crippen LogP contribution in [0.4, 0.5) is 43.4 Å². The molecule has 1 saturated carbocycles. The van der Waals surface area contributed by atoms with Gasteiger partial charge >= 0.3 is 6.18 Å². The molecular formula is C30H24Cl3F6N3O4. The summed E-state index contributed by atoms with van der Waals surface area (Å²) in [5.74, 6) is -7.36. The van der Waals surface area contributed by atoms with Crippen molar-refractivity contribution >= 4 is 63.7 Å². The van der Waals surface area contributed by atoms with Crippen molar-refractivity contribution in [2.45, 2.75) is 36.4 Å². The molecule has 1 aliphatic carbocycles. The number of hydrogen-bond acceptors (Lipinski definition) is 5. The fourth-order valence-electron chi connectivity index (χ4n) is 4.61. The van der Waals surface area contributed by atoms with Gasteiger partial charge in [-0.05, 0) is 61.9 Å². The third-order valence-electron chi connectivity index (χ3n) is 7.04. The molecule has 1 unspecified atom stereocenters. The first-order chi connectivity index (χ1) is 21.4. The lowest BCUT2D eigenvalue weighted by Crippen LogP contribution is -2.30. The van der Waals surface area contributed by atoms with Gasteiger partial charge in [-0.2, -0.15) is 13.2 Å². The summed E-state index contributed by atoms with van der Waals surface area (Å²) >= 11 is 18.7. The van der Waals surface area contributed by atoms with E-state index in [4.69, 9.17) is 39.5 Å². The minimum Gasteiger partial charge on any atom is -0.495 e. The highest BCUT2D eigenvalue weighted by atomic mass is 35.5. The van der Waals surface area contributed by atoms with Gasteiger partial charge in [0.15, 0.2) is 16.0 Å². The number of rotatable bonds is 9. The molecule has 2 atom stereocenters. The van der Waals surface area contributed by atoms with Crippen molar-refractivity contribution in [1.82, 2.24) is 0 Å². The maximum atomic E-state index is 15.4. The third-order valence-corrected chi connectivity index (χ3v) is 8.21. The van der Waals surface area contributed by atoms with Crippen molar-refractivity contribution in [3.05, 3.63) is 99.2 Å². The van der Waals surface area contributed by atoms with E-state index in [0.29, 0.717) is 12.1 Å². The number of allylic oxidation sites excluding steroid dienone is 1. The van der Waals surface area contributed by atoms with E-state index in [1.54, 1.807) is 6.92 Å². The number of benzene rings is 3. The van der Waals surface area contributed by atoms with E-state index in [1.807, 2.05) is 0 Å². The Labute approximate surface area is 273 Å². The Morgan fingerprint density at radius 2 is 1.70 bits per heavy atom. The Hall–Kier alpha value is -3.65. The molecular weight excluding hydrogens is 687 g/mol. The molecule has 0 aromatic heterocycles. The maximum Gasteiger partial charge on any atom is 0.419 e. The highest BCUT2D eigenvalue weighted by Gasteiger charge is 2.62. The number of aliphatic hydroxyl groups is 1. The molecule has 46 heavy (non-hydrogen) atoms. The molecule has 246 valence electrons. The SMILES string of the molecule is CCOC(C)C(=O)Nc1c(F)ccc(N(C)C(=O)c2cc(N/C(O)=C3/[C@H](c4ccc(F)c(C(F)(F)F)c4)C3(Cl)Cl)ccc2Cl)c1F. The number of nitrogens with zero attached hydrogens (tertiary/aromatic N) is 1. The first-order valence-electron chi connectivity index (χ1n) is 13.3. The largest absolute Gasteiger partial charge is 0.495 e. The van der Waals surface area contributed by atoms with Crippen LogP contribution < -0.4 is 15.5 Å². The fraction of sp³-hybridized carbons (Fsp3) is 0.267. The van der Waals surface area contributed by atoms with Crippen LogP contribution in [0.3, 0.4) is 0 Å². The van der Waals surface area contributed by atoms with Crippen LogP contribution in [0.5, 0.6) is 0 Å². The quantitative estimate of drug-likeness (QED) is 0.118. The van der Waals surface area contributed by atoms with Crippen LogP contribution in [0, 0.1) is 17.5 Å². The Balaban J connectivity index is 1.60. The van der Waals surface area contributed by atoms with E-state index >= 15 is 4.39 Å². The first-order valence-corrected chi connectivity index (χ1v) is 14.5. The summed E-state index contributed by atoms with van der Waals surface area (Å²) in [6.07, 6.45) is -6.01. The molecule has 0 heterocycles. The lowest BCUT2D eigenvalue weighted by molar-refractivity contribution is -0.140. The number of carbonyl (C=O) groups is 2. The highest BCUT2D eigenvalue weighted by Crippen LogP contribution is 2.65. The van der Waals surface area contributed by atoms with E-state index in [-0.39, 0.29) is 34.0 Å². The van der Waals surface area contributed by atoms with Gasteiger partial charge in [-0.25, -0.2) is 13.2 Å². The summed E-state index contributed by atoms with van der Waals surface area (Å²) < 4.78 is 86.6. The molecule has 0 spiro atoms. The summed E-state index contributed by atoms with van der Waals surface area (Å²) in [6, 6.07) is 7.80. The van der Waals surface area contributed by atoms with Gasteiger partial charge in [-0.1, -0.05) is 40.9 Å². The number of alkyl halides is 5. The number of nitrogens with one attached hydrogen (secondary N) is 2. The van der Waals surface area contributed by atoms with Crippen LogP contribution in [0.2, 0.25) is 5.02 Å². The second-order valence-corrected chi connectivity index (χ2v) is 11.9. The minimum atomic E-state index is -4.99. The van der Waals surface area contributed by atoms with Crippen molar-refractivity contribution in [2.24, 2.45) is 0 Å². The molecule has 0 radical (unpaired) electrons. The van der Waals surface area contributed by atoms with Gasteiger partial charge in [-0.15, -0.1) is 0 Å². The van der Waals surface area contributed by atoms with E-state index in [2.05, 4.69) is 10.6 Å². The van der Waals surface area contributed by atoms with Gasteiger partial charge in [0.05, 0.1) is 27.8 Å². The molecule has 16 heteroatoms. The van der Waals surface area contributed by atoms with Crippen molar-refractivity contribution in [3.8, 4) is 0 Å². The number of amides is 2. The van der Waals surface area contributed by atoms with Crippen molar-refractivity contribution < 1.29 is 45.8 Å².